The van der Waals surface area contributed by atoms with Gasteiger partial charge in [-0.1, -0.05) is 6.42 Å². The van der Waals surface area contributed by atoms with Crippen LogP contribution in [-0.2, 0) is 9.53 Å². The molecule has 3 aliphatic rings. The lowest BCUT2D eigenvalue weighted by atomic mass is 10.0. The molecule has 0 spiro atoms. The molecule has 3 fully saturated rings. The van der Waals surface area contributed by atoms with Gasteiger partial charge in [-0.15, -0.1) is 0 Å². The lowest BCUT2D eigenvalue weighted by Crippen LogP contribution is -2.52. The molecule has 0 aromatic heterocycles. The van der Waals surface area contributed by atoms with E-state index in [2.05, 4.69) is 5.32 Å². The van der Waals surface area contributed by atoms with Crippen molar-refractivity contribution in [3.05, 3.63) is 0 Å². The van der Waals surface area contributed by atoms with Gasteiger partial charge in [-0.3, -0.25) is 4.79 Å². The first-order valence-electron chi connectivity index (χ1n) is 6.00. The van der Waals surface area contributed by atoms with Crippen LogP contribution in [0.5, 0.6) is 0 Å². The van der Waals surface area contributed by atoms with Crippen molar-refractivity contribution >= 4 is 5.91 Å². The van der Waals surface area contributed by atoms with Gasteiger partial charge in [0, 0.05) is 6.54 Å². The summed E-state index contributed by atoms with van der Waals surface area (Å²) in [6.07, 6.45) is 4.77. The normalized spacial score (nSPS) is 39.7. The number of piperidine rings is 1. The smallest absolute Gasteiger partial charge is 0.240 e. The van der Waals surface area contributed by atoms with Gasteiger partial charge >= 0.3 is 0 Å². The molecule has 3 atom stereocenters. The second-order valence-corrected chi connectivity index (χ2v) is 4.84. The van der Waals surface area contributed by atoms with Crippen molar-refractivity contribution in [2.45, 2.75) is 43.9 Å². The number of likely N-dealkylation sites (tertiary alicyclic amines) is 1. The molecule has 3 rings (SSSR count). The van der Waals surface area contributed by atoms with E-state index < -0.39 is 0 Å². The van der Waals surface area contributed by atoms with Crippen molar-refractivity contribution in [2.24, 2.45) is 0 Å². The Morgan fingerprint density at radius 2 is 2.33 bits per heavy atom. The molecule has 0 unspecified atom stereocenters. The number of carbonyl (C=O) groups excluding carboxylic acids is 1. The molecule has 4 nitrogen and oxygen atoms in total. The Morgan fingerprint density at radius 3 is 2.93 bits per heavy atom. The highest BCUT2D eigenvalue weighted by Crippen LogP contribution is 2.28. The van der Waals surface area contributed by atoms with Crippen LogP contribution >= 0.6 is 0 Å². The number of ether oxygens (including phenoxy) is 1. The molecule has 84 valence electrons. The van der Waals surface area contributed by atoms with Crippen LogP contribution in [-0.4, -0.2) is 48.7 Å². The number of fused-ring (bicyclic) bond motifs is 2. The SMILES string of the molecule is O=C([C@@H]1CCCCN1)N1C[C@H]2C[C@H]1CO2. The van der Waals surface area contributed by atoms with Crippen LogP contribution in [0, 0.1) is 0 Å². The first-order valence-corrected chi connectivity index (χ1v) is 6.00. The third-order valence-corrected chi connectivity index (χ3v) is 3.79. The van der Waals surface area contributed by atoms with Crippen molar-refractivity contribution in [1.29, 1.82) is 0 Å². The maximum atomic E-state index is 12.2. The Labute approximate surface area is 90.0 Å². The van der Waals surface area contributed by atoms with Crippen LogP contribution in [0.15, 0.2) is 0 Å². The number of carbonyl (C=O) groups is 1. The minimum absolute atomic E-state index is 0.0816. The number of hydrogen-bond acceptors (Lipinski definition) is 3. The van der Waals surface area contributed by atoms with Gasteiger partial charge < -0.3 is 15.0 Å². The van der Waals surface area contributed by atoms with Crippen molar-refractivity contribution < 1.29 is 9.53 Å². The van der Waals surface area contributed by atoms with Crippen LogP contribution in [0.1, 0.15) is 25.7 Å². The number of amides is 1. The standard InChI is InChI=1S/C11H18N2O2/c14-11(10-3-1-2-4-12-10)13-6-9-5-8(13)7-15-9/h8-10,12H,1-7H2/t8-,9+,10-/m0/s1. The summed E-state index contributed by atoms with van der Waals surface area (Å²) < 4.78 is 5.51. The fraction of sp³-hybridized carbons (Fsp3) is 0.909. The molecular weight excluding hydrogens is 192 g/mol. The van der Waals surface area contributed by atoms with Crippen molar-refractivity contribution in [2.75, 3.05) is 19.7 Å². The molecule has 1 N–H and O–H groups in total. The second-order valence-electron chi connectivity index (χ2n) is 4.84. The van der Waals surface area contributed by atoms with Crippen molar-refractivity contribution in [3.63, 3.8) is 0 Å². The van der Waals surface area contributed by atoms with E-state index >= 15 is 0 Å². The largest absolute Gasteiger partial charge is 0.374 e. The Morgan fingerprint density at radius 1 is 1.40 bits per heavy atom. The van der Waals surface area contributed by atoms with Crippen LogP contribution < -0.4 is 5.32 Å². The Kier molecular flexibility index (Phi) is 2.41. The Bertz CT molecular complexity index is 263. The molecule has 0 radical (unpaired) electrons. The summed E-state index contributed by atoms with van der Waals surface area (Å²) in [6, 6.07) is 0.448. The minimum Gasteiger partial charge on any atom is -0.374 e. The summed E-state index contributed by atoms with van der Waals surface area (Å²) in [4.78, 5) is 14.2. The van der Waals surface area contributed by atoms with E-state index in [1.54, 1.807) is 0 Å². The van der Waals surface area contributed by atoms with Crippen LogP contribution in [0.25, 0.3) is 0 Å². The third-order valence-electron chi connectivity index (χ3n) is 3.79. The maximum Gasteiger partial charge on any atom is 0.240 e. The van der Waals surface area contributed by atoms with E-state index in [1.807, 2.05) is 4.90 Å². The molecule has 0 aromatic carbocycles. The molecular formula is C11H18N2O2. The molecule has 15 heavy (non-hydrogen) atoms. The molecule has 3 saturated heterocycles. The first kappa shape index (κ1) is 9.60. The van der Waals surface area contributed by atoms with E-state index in [4.69, 9.17) is 4.74 Å². The number of morpholine rings is 1. The molecule has 3 heterocycles. The first-order chi connectivity index (χ1) is 7.34. The second kappa shape index (κ2) is 3.76. The topological polar surface area (TPSA) is 41.6 Å². The predicted octanol–water partition coefficient (Wildman–Crippen LogP) is 0.128. The lowest BCUT2D eigenvalue weighted by Gasteiger charge is -2.32. The van der Waals surface area contributed by atoms with Gasteiger partial charge in [-0.05, 0) is 25.8 Å². The molecule has 3 aliphatic heterocycles. The molecule has 0 aliphatic carbocycles. The van der Waals surface area contributed by atoms with Gasteiger partial charge in [0.1, 0.15) is 0 Å². The van der Waals surface area contributed by atoms with Crippen LogP contribution in [0.3, 0.4) is 0 Å². The molecule has 4 heteroatoms. The predicted molar refractivity (Wildman–Crippen MR) is 55.5 cm³/mol. The monoisotopic (exact) mass is 210 g/mol. The van der Waals surface area contributed by atoms with Crippen LogP contribution in [0.4, 0.5) is 0 Å². The van der Waals surface area contributed by atoms with E-state index in [0.29, 0.717) is 18.1 Å². The average molecular weight is 210 g/mol. The fourth-order valence-corrected chi connectivity index (χ4v) is 2.93. The van der Waals surface area contributed by atoms with E-state index in [1.165, 1.54) is 12.8 Å². The maximum absolute atomic E-state index is 12.2. The lowest BCUT2D eigenvalue weighted by molar-refractivity contribution is -0.138. The summed E-state index contributed by atoms with van der Waals surface area (Å²) in [7, 11) is 0. The Balaban J connectivity index is 1.64. The number of nitrogens with one attached hydrogen (secondary N) is 1. The highest BCUT2D eigenvalue weighted by molar-refractivity contribution is 5.82. The van der Waals surface area contributed by atoms with Crippen molar-refractivity contribution in [3.8, 4) is 0 Å². The van der Waals surface area contributed by atoms with Gasteiger partial charge in [-0.25, -0.2) is 0 Å². The quantitative estimate of drug-likeness (QED) is 0.669. The highest BCUT2D eigenvalue weighted by Gasteiger charge is 2.43. The van der Waals surface area contributed by atoms with E-state index in [9.17, 15) is 4.79 Å². The van der Waals surface area contributed by atoms with Gasteiger partial charge in [-0.2, -0.15) is 0 Å². The zero-order valence-electron chi connectivity index (χ0n) is 8.95. The Hall–Kier alpha value is -0.610. The van der Waals surface area contributed by atoms with E-state index in [-0.39, 0.29) is 6.04 Å². The zero-order valence-corrected chi connectivity index (χ0v) is 8.95. The van der Waals surface area contributed by atoms with Crippen molar-refractivity contribution in [1.82, 2.24) is 10.2 Å². The van der Waals surface area contributed by atoms with E-state index in [0.717, 1.165) is 32.5 Å². The number of nitrogens with zero attached hydrogens (tertiary/aromatic N) is 1. The molecule has 0 saturated carbocycles. The summed E-state index contributed by atoms with van der Waals surface area (Å²) in [5.41, 5.74) is 0. The highest BCUT2D eigenvalue weighted by atomic mass is 16.5. The average Bonchev–Trinajstić information content (AvgIpc) is 2.91. The van der Waals surface area contributed by atoms with Gasteiger partial charge in [0.15, 0.2) is 0 Å². The number of rotatable bonds is 1. The summed E-state index contributed by atoms with van der Waals surface area (Å²) in [6.45, 7) is 2.57. The summed E-state index contributed by atoms with van der Waals surface area (Å²) in [5.74, 6) is 0.311. The molecule has 1 amide bonds. The minimum atomic E-state index is 0.0816. The number of hydrogen-bond donors (Lipinski definition) is 1. The summed E-state index contributed by atoms with van der Waals surface area (Å²) in [5, 5.41) is 3.32. The fourth-order valence-electron chi connectivity index (χ4n) is 2.93. The zero-order chi connectivity index (χ0) is 10.3. The van der Waals surface area contributed by atoms with Crippen LogP contribution in [0.2, 0.25) is 0 Å². The van der Waals surface area contributed by atoms with Gasteiger partial charge in [0.2, 0.25) is 5.91 Å². The summed E-state index contributed by atoms with van der Waals surface area (Å²) >= 11 is 0. The molecule has 0 aromatic rings. The van der Waals surface area contributed by atoms with Gasteiger partial charge in [0.05, 0.1) is 24.8 Å². The third kappa shape index (κ3) is 1.66. The van der Waals surface area contributed by atoms with Gasteiger partial charge in [0.25, 0.3) is 0 Å². The molecule has 2 bridgehead atoms.